The van der Waals surface area contributed by atoms with Gasteiger partial charge in [-0.1, -0.05) is 19.8 Å². The Bertz CT molecular complexity index is 621. The molecule has 5 nitrogen and oxygen atoms in total. The molecule has 1 aromatic heterocycles. The fraction of sp³-hybridized carbons (Fsp3) is 0.450. The molecule has 1 N–H and O–H groups in total. The van der Waals surface area contributed by atoms with E-state index in [1.165, 1.54) is 12.8 Å². The van der Waals surface area contributed by atoms with Crippen molar-refractivity contribution in [1.29, 1.82) is 0 Å². The number of nitrogens with one attached hydrogen (secondary N) is 1. The van der Waals surface area contributed by atoms with Crippen LogP contribution in [0.1, 0.15) is 48.3 Å². The summed E-state index contributed by atoms with van der Waals surface area (Å²) in [6.07, 6.45) is 5.04. The topological polar surface area (TPSA) is 54.7 Å². The predicted molar refractivity (Wildman–Crippen MR) is 98.9 cm³/mol. The zero-order chi connectivity index (χ0) is 18.1. The molecule has 1 atom stereocenters. The lowest BCUT2D eigenvalue weighted by molar-refractivity contribution is 0.0939. The van der Waals surface area contributed by atoms with Crippen LogP contribution >= 0.6 is 0 Å². The lowest BCUT2D eigenvalue weighted by Gasteiger charge is -2.22. The summed E-state index contributed by atoms with van der Waals surface area (Å²) in [5.41, 5.74) is 0.623. The fourth-order valence-electron chi connectivity index (χ4n) is 2.55. The number of furan rings is 1. The van der Waals surface area contributed by atoms with Gasteiger partial charge < -0.3 is 14.5 Å². The average molecular weight is 344 g/mol. The van der Waals surface area contributed by atoms with Gasteiger partial charge in [0.25, 0.3) is 5.91 Å². The molecule has 1 heterocycles. The molecule has 1 unspecified atom stereocenters. The maximum atomic E-state index is 12.4. The van der Waals surface area contributed by atoms with Crippen LogP contribution in [0.5, 0.6) is 5.75 Å². The zero-order valence-electron chi connectivity index (χ0n) is 15.3. The summed E-state index contributed by atoms with van der Waals surface area (Å²) in [7, 11) is 3.92. The van der Waals surface area contributed by atoms with E-state index in [0.29, 0.717) is 18.7 Å². The van der Waals surface area contributed by atoms with E-state index in [0.717, 1.165) is 17.9 Å². The van der Waals surface area contributed by atoms with Crippen molar-refractivity contribution in [2.24, 2.45) is 0 Å². The van der Waals surface area contributed by atoms with Crippen LogP contribution in [0.25, 0.3) is 0 Å². The molecule has 2 rings (SSSR count). The van der Waals surface area contributed by atoms with Crippen LogP contribution in [-0.2, 0) is 0 Å². The molecule has 1 aromatic carbocycles. The molecule has 0 saturated carbocycles. The fourth-order valence-corrected chi connectivity index (χ4v) is 2.55. The van der Waals surface area contributed by atoms with Crippen LogP contribution in [0, 0.1) is 0 Å². The number of unbranched alkanes of at least 4 members (excludes halogenated alkanes) is 2. The van der Waals surface area contributed by atoms with Gasteiger partial charge in [0.1, 0.15) is 11.5 Å². The molecular formula is C20H28N2O3. The highest BCUT2D eigenvalue weighted by Gasteiger charge is 2.18. The third kappa shape index (κ3) is 5.94. The van der Waals surface area contributed by atoms with Crippen molar-refractivity contribution < 1.29 is 13.9 Å². The first-order valence-corrected chi connectivity index (χ1v) is 8.82. The van der Waals surface area contributed by atoms with E-state index in [9.17, 15) is 4.79 Å². The van der Waals surface area contributed by atoms with Gasteiger partial charge in [-0.25, -0.2) is 0 Å². The third-order valence-electron chi connectivity index (χ3n) is 4.08. The molecule has 0 radical (unpaired) electrons. The van der Waals surface area contributed by atoms with Gasteiger partial charge >= 0.3 is 0 Å². The number of carbonyl (C=O) groups excluding carboxylic acids is 1. The molecule has 0 aliphatic rings. The number of hydrogen-bond acceptors (Lipinski definition) is 4. The molecule has 1 amide bonds. The molecule has 136 valence electrons. The minimum atomic E-state index is -0.101. The molecule has 0 spiro atoms. The maximum Gasteiger partial charge on any atom is 0.251 e. The zero-order valence-corrected chi connectivity index (χ0v) is 15.3. The standard InChI is InChI=1S/C20H28N2O3/c1-4-5-6-13-24-17-11-9-16(10-12-17)20(23)21-15-18(22(2)3)19-8-7-14-25-19/h7-12,14,18H,4-6,13,15H2,1-3H3,(H,21,23). The highest BCUT2D eigenvalue weighted by Crippen LogP contribution is 2.18. The van der Waals surface area contributed by atoms with Crippen LogP contribution in [0.4, 0.5) is 0 Å². The summed E-state index contributed by atoms with van der Waals surface area (Å²) in [5, 5.41) is 2.97. The lowest BCUT2D eigenvalue weighted by Crippen LogP contribution is -2.34. The highest BCUT2D eigenvalue weighted by molar-refractivity contribution is 5.94. The molecule has 25 heavy (non-hydrogen) atoms. The second-order valence-corrected chi connectivity index (χ2v) is 6.28. The summed E-state index contributed by atoms with van der Waals surface area (Å²) in [4.78, 5) is 14.4. The molecule has 0 aliphatic heterocycles. The number of benzene rings is 1. The Hall–Kier alpha value is -2.27. The van der Waals surface area contributed by atoms with Crippen molar-refractivity contribution in [2.75, 3.05) is 27.2 Å². The minimum absolute atomic E-state index is 0.000113. The van der Waals surface area contributed by atoms with Crippen LogP contribution in [0.2, 0.25) is 0 Å². The Morgan fingerprint density at radius 2 is 1.96 bits per heavy atom. The highest BCUT2D eigenvalue weighted by atomic mass is 16.5. The Morgan fingerprint density at radius 3 is 2.56 bits per heavy atom. The second kappa shape index (κ2) is 9.89. The summed E-state index contributed by atoms with van der Waals surface area (Å²) in [6, 6.07) is 11.0. The molecule has 0 saturated heterocycles. The summed E-state index contributed by atoms with van der Waals surface area (Å²) >= 11 is 0. The monoisotopic (exact) mass is 344 g/mol. The number of carbonyl (C=O) groups is 1. The van der Waals surface area contributed by atoms with Crippen LogP contribution in [0.3, 0.4) is 0 Å². The quantitative estimate of drug-likeness (QED) is 0.665. The van der Waals surface area contributed by atoms with Crippen molar-refractivity contribution in [1.82, 2.24) is 10.2 Å². The van der Waals surface area contributed by atoms with Gasteiger partial charge in [0, 0.05) is 12.1 Å². The number of hydrogen-bond donors (Lipinski definition) is 1. The predicted octanol–water partition coefficient (Wildman–Crippen LogP) is 3.88. The van der Waals surface area contributed by atoms with Crippen LogP contribution in [-0.4, -0.2) is 38.1 Å². The summed E-state index contributed by atoms with van der Waals surface area (Å²) in [5.74, 6) is 1.53. The number of ether oxygens (including phenoxy) is 1. The Labute approximate surface area is 150 Å². The Balaban J connectivity index is 1.85. The van der Waals surface area contributed by atoms with E-state index in [2.05, 4.69) is 12.2 Å². The third-order valence-corrected chi connectivity index (χ3v) is 4.08. The van der Waals surface area contributed by atoms with E-state index >= 15 is 0 Å². The van der Waals surface area contributed by atoms with E-state index in [1.807, 2.05) is 43.3 Å². The second-order valence-electron chi connectivity index (χ2n) is 6.28. The van der Waals surface area contributed by atoms with Gasteiger partial charge in [-0.05, 0) is 56.9 Å². The lowest BCUT2D eigenvalue weighted by atomic mass is 10.1. The van der Waals surface area contributed by atoms with Crippen LogP contribution in [0.15, 0.2) is 47.1 Å². The number of likely N-dealkylation sites (N-methyl/N-ethyl adjacent to an activating group) is 1. The molecule has 0 bridgehead atoms. The Morgan fingerprint density at radius 1 is 1.20 bits per heavy atom. The summed E-state index contributed by atoms with van der Waals surface area (Å²) in [6.45, 7) is 3.36. The van der Waals surface area contributed by atoms with Gasteiger partial charge in [-0.3, -0.25) is 9.69 Å². The molecule has 0 fully saturated rings. The smallest absolute Gasteiger partial charge is 0.251 e. The van der Waals surface area contributed by atoms with Gasteiger partial charge in [-0.15, -0.1) is 0 Å². The van der Waals surface area contributed by atoms with E-state index in [4.69, 9.17) is 9.15 Å². The van der Waals surface area contributed by atoms with Gasteiger partial charge in [0.15, 0.2) is 0 Å². The molecule has 5 heteroatoms. The molecular weight excluding hydrogens is 316 g/mol. The Kier molecular flexibility index (Phi) is 7.54. The van der Waals surface area contributed by atoms with E-state index in [-0.39, 0.29) is 11.9 Å². The van der Waals surface area contributed by atoms with Crippen molar-refractivity contribution in [3.63, 3.8) is 0 Å². The number of nitrogens with zero attached hydrogens (tertiary/aromatic N) is 1. The van der Waals surface area contributed by atoms with Gasteiger partial charge in [0.05, 0.1) is 18.9 Å². The van der Waals surface area contributed by atoms with Crippen molar-refractivity contribution in [2.45, 2.75) is 32.2 Å². The first kappa shape index (κ1) is 19.1. The largest absolute Gasteiger partial charge is 0.494 e. The van der Waals surface area contributed by atoms with Crippen molar-refractivity contribution in [3.05, 3.63) is 54.0 Å². The van der Waals surface area contributed by atoms with E-state index in [1.54, 1.807) is 18.4 Å². The number of rotatable bonds is 10. The summed E-state index contributed by atoms with van der Waals surface area (Å²) < 4.78 is 11.1. The number of amides is 1. The van der Waals surface area contributed by atoms with Crippen molar-refractivity contribution >= 4 is 5.91 Å². The first-order valence-electron chi connectivity index (χ1n) is 8.82. The first-order chi connectivity index (χ1) is 12.1. The normalized spacial score (nSPS) is 12.2. The van der Waals surface area contributed by atoms with Gasteiger partial charge in [0.2, 0.25) is 0 Å². The molecule has 2 aromatic rings. The van der Waals surface area contributed by atoms with E-state index < -0.39 is 0 Å². The molecule has 0 aliphatic carbocycles. The SMILES string of the molecule is CCCCCOc1ccc(C(=O)NCC(c2ccco2)N(C)C)cc1. The minimum Gasteiger partial charge on any atom is -0.494 e. The average Bonchev–Trinajstić information content (AvgIpc) is 3.13. The van der Waals surface area contributed by atoms with Crippen LogP contribution < -0.4 is 10.1 Å². The maximum absolute atomic E-state index is 12.4. The van der Waals surface area contributed by atoms with Gasteiger partial charge in [-0.2, -0.15) is 0 Å². The van der Waals surface area contributed by atoms with Crippen molar-refractivity contribution in [3.8, 4) is 5.75 Å².